The van der Waals surface area contributed by atoms with Crippen LogP contribution < -0.4 is 10.1 Å². The molecule has 0 aromatic heterocycles. The monoisotopic (exact) mass is 390 g/mol. The average molecular weight is 390 g/mol. The minimum absolute atomic E-state index is 0.00529. The van der Waals surface area contributed by atoms with Crippen LogP contribution in [0.4, 0.5) is 5.69 Å². The lowest BCUT2D eigenvalue weighted by molar-refractivity contribution is -0.384. The van der Waals surface area contributed by atoms with Gasteiger partial charge in [0.1, 0.15) is 5.75 Å². The summed E-state index contributed by atoms with van der Waals surface area (Å²) in [4.78, 5) is 23.0. The largest absolute Gasteiger partial charge is 0.494 e. The Bertz CT molecular complexity index is 954. The van der Waals surface area contributed by atoms with Crippen LogP contribution in [0.15, 0.2) is 78.9 Å². The van der Waals surface area contributed by atoms with Crippen LogP contribution in [-0.4, -0.2) is 17.4 Å². The third kappa shape index (κ3) is 5.42. The SMILES string of the molecule is CCOc1ccc([C@H](NC(=O)Cc2ccc([N+](=O)[O-])cc2)c2ccccc2)cc1. The highest BCUT2D eigenvalue weighted by atomic mass is 16.6. The highest BCUT2D eigenvalue weighted by molar-refractivity contribution is 5.79. The lowest BCUT2D eigenvalue weighted by Crippen LogP contribution is -2.30. The number of rotatable bonds is 8. The molecule has 0 saturated heterocycles. The van der Waals surface area contributed by atoms with E-state index in [9.17, 15) is 14.9 Å². The van der Waals surface area contributed by atoms with Crippen LogP contribution in [0.5, 0.6) is 5.75 Å². The van der Waals surface area contributed by atoms with Crippen LogP contribution in [0.2, 0.25) is 0 Å². The number of hydrogen-bond donors (Lipinski definition) is 1. The van der Waals surface area contributed by atoms with Crippen LogP contribution in [-0.2, 0) is 11.2 Å². The van der Waals surface area contributed by atoms with E-state index in [0.29, 0.717) is 12.2 Å². The van der Waals surface area contributed by atoms with Crippen LogP contribution in [0, 0.1) is 10.1 Å². The number of amides is 1. The summed E-state index contributed by atoms with van der Waals surface area (Å²) in [6.45, 7) is 2.52. The Morgan fingerprint density at radius 3 is 2.17 bits per heavy atom. The Kier molecular flexibility index (Phi) is 6.58. The number of hydrogen-bond acceptors (Lipinski definition) is 4. The molecule has 1 atom stereocenters. The number of nitro groups is 1. The van der Waals surface area contributed by atoms with Crippen LogP contribution in [0.1, 0.15) is 29.7 Å². The highest BCUT2D eigenvalue weighted by Gasteiger charge is 2.17. The van der Waals surface area contributed by atoms with E-state index < -0.39 is 4.92 Å². The summed E-state index contributed by atoms with van der Waals surface area (Å²) in [5, 5.41) is 13.8. The average Bonchev–Trinajstić information content (AvgIpc) is 2.74. The number of benzene rings is 3. The molecule has 0 spiro atoms. The summed E-state index contributed by atoms with van der Waals surface area (Å²) in [6, 6.07) is 23.1. The van der Waals surface area contributed by atoms with Gasteiger partial charge in [-0.3, -0.25) is 14.9 Å². The molecule has 0 aliphatic heterocycles. The van der Waals surface area contributed by atoms with Gasteiger partial charge in [0.15, 0.2) is 0 Å². The van der Waals surface area contributed by atoms with E-state index in [4.69, 9.17) is 4.74 Å². The van der Waals surface area contributed by atoms with Gasteiger partial charge in [-0.25, -0.2) is 0 Å². The smallest absolute Gasteiger partial charge is 0.269 e. The zero-order chi connectivity index (χ0) is 20.6. The van der Waals surface area contributed by atoms with E-state index in [1.807, 2.05) is 61.5 Å². The summed E-state index contributed by atoms with van der Waals surface area (Å²) in [6.07, 6.45) is 0.137. The van der Waals surface area contributed by atoms with Crippen molar-refractivity contribution in [1.29, 1.82) is 0 Å². The molecule has 1 amide bonds. The third-order valence-electron chi connectivity index (χ3n) is 4.47. The quantitative estimate of drug-likeness (QED) is 0.455. The molecule has 148 valence electrons. The van der Waals surface area contributed by atoms with Crippen molar-refractivity contribution in [1.82, 2.24) is 5.32 Å². The lowest BCUT2D eigenvalue weighted by Gasteiger charge is -2.20. The Morgan fingerprint density at radius 1 is 0.966 bits per heavy atom. The fourth-order valence-electron chi connectivity index (χ4n) is 3.06. The van der Waals surface area contributed by atoms with Crippen molar-refractivity contribution >= 4 is 11.6 Å². The van der Waals surface area contributed by atoms with Gasteiger partial charge >= 0.3 is 0 Å². The first kappa shape index (κ1) is 20.1. The Hall–Kier alpha value is -3.67. The maximum absolute atomic E-state index is 12.7. The van der Waals surface area contributed by atoms with Gasteiger partial charge in [0.25, 0.3) is 5.69 Å². The molecule has 3 rings (SSSR count). The molecule has 1 N–H and O–H groups in total. The van der Waals surface area contributed by atoms with Gasteiger partial charge in [0.05, 0.1) is 24.0 Å². The second-order valence-corrected chi connectivity index (χ2v) is 6.51. The number of ether oxygens (including phenoxy) is 1. The van der Waals surface area contributed by atoms with Gasteiger partial charge in [0, 0.05) is 12.1 Å². The molecule has 3 aromatic carbocycles. The normalized spacial score (nSPS) is 11.5. The third-order valence-corrected chi connectivity index (χ3v) is 4.47. The molecular formula is C23H22N2O4. The zero-order valence-corrected chi connectivity index (χ0v) is 16.1. The molecule has 0 unspecified atom stereocenters. The highest BCUT2D eigenvalue weighted by Crippen LogP contribution is 2.24. The van der Waals surface area contributed by atoms with Gasteiger partial charge < -0.3 is 10.1 Å². The van der Waals surface area contributed by atoms with E-state index in [-0.39, 0.29) is 24.1 Å². The van der Waals surface area contributed by atoms with Gasteiger partial charge in [-0.2, -0.15) is 0 Å². The van der Waals surface area contributed by atoms with Crippen molar-refractivity contribution in [2.24, 2.45) is 0 Å². The van der Waals surface area contributed by atoms with Crippen molar-refractivity contribution in [2.75, 3.05) is 6.61 Å². The standard InChI is InChI=1S/C23H22N2O4/c1-2-29-21-14-10-19(11-15-21)23(18-6-4-3-5-7-18)24-22(26)16-17-8-12-20(13-9-17)25(27)28/h3-15,23H,2,16H2,1H3,(H,24,26)/t23-/m1/s1. The fourth-order valence-corrected chi connectivity index (χ4v) is 3.06. The van der Waals surface area contributed by atoms with Gasteiger partial charge in [-0.05, 0) is 35.7 Å². The molecule has 0 heterocycles. The number of nitrogens with zero attached hydrogens (tertiary/aromatic N) is 1. The molecule has 29 heavy (non-hydrogen) atoms. The van der Waals surface area contributed by atoms with Crippen LogP contribution in [0.3, 0.4) is 0 Å². The fraction of sp³-hybridized carbons (Fsp3) is 0.174. The Morgan fingerprint density at radius 2 is 1.59 bits per heavy atom. The second kappa shape index (κ2) is 9.50. The van der Waals surface area contributed by atoms with E-state index in [2.05, 4.69) is 5.32 Å². The summed E-state index contributed by atoms with van der Waals surface area (Å²) in [5.41, 5.74) is 2.63. The zero-order valence-electron chi connectivity index (χ0n) is 16.1. The summed E-state index contributed by atoms with van der Waals surface area (Å²) < 4.78 is 5.50. The molecule has 0 aliphatic carbocycles. The predicted octanol–water partition coefficient (Wildman–Crippen LogP) is 4.44. The molecular weight excluding hydrogens is 368 g/mol. The first-order valence-electron chi connectivity index (χ1n) is 9.37. The molecule has 3 aromatic rings. The summed E-state index contributed by atoms with van der Waals surface area (Å²) >= 11 is 0. The first-order valence-corrected chi connectivity index (χ1v) is 9.37. The Balaban J connectivity index is 1.77. The Labute approximate surface area is 169 Å². The molecule has 0 bridgehead atoms. The minimum Gasteiger partial charge on any atom is -0.494 e. The predicted molar refractivity (Wildman–Crippen MR) is 111 cm³/mol. The second-order valence-electron chi connectivity index (χ2n) is 6.51. The molecule has 6 heteroatoms. The number of carbonyl (C=O) groups excluding carboxylic acids is 1. The molecule has 0 saturated carbocycles. The number of nitrogens with one attached hydrogen (secondary N) is 1. The van der Waals surface area contributed by atoms with Gasteiger partial charge in [-0.15, -0.1) is 0 Å². The van der Waals surface area contributed by atoms with Crippen molar-refractivity contribution in [2.45, 2.75) is 19.4 Å². The maximum atomic E-state index is 12.7. The van der Waals surface area contributed by atoms with Gasteiger partial charge in [-0.1, -0.05) is 54.6 Å². The molecule has 0 aliphatic rings. The van der Waals surface area contributed by atoms with E-state index >= 15 is 0 Å². The topological polar surface area (TPSA) is 81.5 Å². The van der Waals surface area contributed by atoms with Crippen molar-refractivity contribution < 1.29 is 14.5 Å². The van der Waals surface area contributed by atoms with Crippen LogP contribution in [0.25, 0.3) is 0 Å². The molecule has 0 radical (unpaired) electrons. The van der Waals surface area contributed by atoms with Crippen molar-refractivity contribution in [3.63, 3.8) is 0 Å². The van der Waals surface area contributed by atoms with Gasteiger partial charge in [0.2, 0.25) is 5.91 Å². The van der Waals surface area contributed by atoms with Crippen molar-refractivity contribution in [3.05, 3.63) is 106 Å². The maximum Gasteiger partial charge on any atom is 0.269 e. The number of nitro benzene ring substituents is 1. The molecule has 6 nitrogen and oxygen atoms in total. The number of non-ortho nitro benzene ring substituents is 1. The minimum atomic E-state index is -0.457. The number of carbonyl (C=O) groups is 1. The van der Waals surface area contributed by atoms with E-state index in [0.717, 1.165) is 16.9 Å². The van der Waals surface area contributed by atoms with E-state index in [1.165, 1.54) is 12.1 Å². The molecule has 0 fully saturated rings. The first-order chi connectivity index (χ1) is 14.1. The van der Waals surface area contributed by atoms with Crippen LogP contribution >= 0.6 is 0 Å². The summed E-state index contributed by atoms with van der Waals surface area (Å²) in [7, 11) is 0. The van der Waals surface area contributed by atoms with E-state index in [1.54, 1.807) is 12.1 Å². The summed E-state index contributed by atoms with van der Waals surface area (Å²) in [5.74, 6) is 0.613. The van der Waals surface area contributed by atoms with Crippen molar-refractivity contribution in [3.8, 4) is 5.75 Å². The lowest BCUT2D eigenvalue weighted by atomic mass is 9.98.